The summed E-state index contributed by atoms with van der Waals surface area (Å²) in [5.41, 5.74) is 3.07. The fourth-order valence-electron chi connectivity index (χ4n) is 4.91. The number of methoxy groups -OCH3 is 4. The molecule has 3 N–H and O–H groups in total. The Bertz CT molecular complexity index is 1500. The van der Waals surface area contributed by atoms with Crippen LogP contribution in [0, 0.1) is 0 Å². The number of aromatic nitrogens is 2. The minimum absolute atomic E-state index is 0.0301. The van der Waals surface area contributed by atoms with Crippen LogP contribution in [-0.4, -0.2) is 61.9 Å². The van der Waals surface area contributed by atoms with Gasteiger partial charge in [-0.25, -0.2) is 4.79 Å². The van der Waals surface area contributed by atoms with E-state index in [4.69, 9.17) is 18.9 Å². The van der Waals surface area contributed by atoms with Crippen molar-refractivity contribution in [3.05, 3.63) is 41.2 Å². The molecule has 0 saturated carbocycles. The minimum Gasteiger partial charge on any atom is -0.506 e. The lowest BCUT2D eigenvalue weighted by atomic mass is 9.99. The van der Waals surface area contributed by atoms with Crippen molar-refractivity contribution in [2.24, 2.45) is 0 Å². The predicted molar refractivity (Wildman–Crippen MR) is 129 cm³/mol. The summed E-state index contributed by atoms with van der Waals surface area (Å²) in [5.74, 6) is 0.435. The Morgan fingerprint density at radius 1 is 0.943 bits per heavy atom. The molecule has 0 spiro atoms. The molecule has 1 aliphatic rings. The first-order valence-corrected chi connectivity index (χ1v) is 10.9. The number of aromatic hydroxyl groups is 1. The maximum Gasteiger partial charge on any atom is 0.354 e. The van der Waals surface area contributed by atoms with E-state index in [2.05, 4.69) is 9.97 Å². The molecule has 1 atom stereocenters. The number of H-pyrrole nitrogens is 2. The highest BCUT2D eigenvalue weighted by molar-refractivity contribution is 6.12. The molecule has 0 fully saturated rings. The molecule has 35 heavy (non-hydrogen) atoms. The number of benzene rings is 2. The smallest absolute Gasteiger partial charge is 0.354 e. The van der Waals surface area contributed by atoms with Crippen LogP contribution in [0.5, 0.6) is 23.0 Å². The summed E-state index contributed by atoms with van der Waals surface area (Å²) in [5, 5.41) is 12.1. The van der Waals surface area contributed by atoms with Crippen LogP contribution in [0.4, 0.5) is 5.69 Å². The van der Waals surface area contributed by atoms with Crippen LogP contribution < -0.4 is 19.1 Å². The van der Waals surface area contributed by atoms with Crippen LogP contribution in [0.1, 0.15) is 39.4 Å². The molecule has 4 aromatic rings. The van der Waals surface area contributed by atoms with E-state index in [1.165, 1.54) is 28.4 Å². The highest BCUT2D eigenvalue weighted by Crippen LogP contribution is 2.46. The first-order valence-electron chi connectivity index (χ1n) is 10.9. The lowest BCUT2D eigenvalue weighted by Gasteiger charge is -2.17. The van der Waals surface area contributed by atoms with Gasteiger partial charge in [-0.15, -0.1) is 0 Å². The van der Waals surface area contributed by atoms with Gasteiger partial charge in [-0.1, -0.05) is 6.92 Å². The summed E-state index contributed by atoms with van der Waals surface area (Å²) < 4.78 is 21.2. The molecule has 10 nitrogen and oxygen atoms in total. The maximum absolute atomic E-state index is 13.7. The number of nitrogens with zero attached hydrogens (tertiary/aromatic N) is 1. The molecular formula is C25H25N3O7. The Labute approximate surface area is 200 Å². The van der Waals surface area contributed by atoms with Gasteiger partial charge in [-0.3, -0.25) is 4.79 Å². The van der Waals surface area contributed by atoms with Crippen molar-refractivity contribution in [2.75, 3.05) is 39.9 Å². The quantitative estimate of drug-likeness (QED) is 0.370. The number of phenols is 1. The number of hydrogen-bond acceptors (Lipinski definition) is 7. The lowest BCUT2D eigenvalue weighted by Crippen LogP contribution is -2.29. The first kappa shape index (κ1) is 22.5. The number of phenolic OH excluding ortho intramolecular Hbond substituents is 1. The predicted octanol–water partition coefficient (Wildman–Crippen LogP) is 3.93. The molecule has 2 aromatic carbocycles. The second-order valence-electron chi connectivity index (χ2n) is 8.40. The van der Waals surface area contributed by atoms with E-state index in [0.717, 1.165) is 10.9 Å². The third-order valence-corrected chi connectivity index (χ3v) is 6.45. The summed E-state index contributed by atoms with van der Waals surface area (Å²) in [4.78, 5) is 33.4. The molecular weight excluding hydrogens is 454 g/mol. The van der Waals surface area contributed by atoms with E-state index >= 15 is 0 Å². The van der Waals surface area contributed by atoms with Gasteiger partial charge < -0.3 is 38.9 Å². The summed E-state index contributed by atoms with van der Waals surface area (Å²) in [6, 6.07) is 6.70. The molecule has 0 radical (unpaired) electrons. The van der Waals surface area contributed by atoms with Crippen molar-refractivity contribution in [1.82, 2.24) is 9.97 Å². The normalized spacial score (nSPS) is 14.9. The molecule has 0 aliphatic carbocycles. The number of rotatable bonds is 5. The number of carbonyl (C=O) groups excluding carboxylic acids is 2. The van der Waals surface area contributed by atoms with Crippen LogP contribution >= 0.6 is 0 Å². The van der Waals surface area contributed by atoms with E-state index in [0.29, 0.717) is 51.6 Å². The molecule has 0 bridgehead atoms. The van der Waals surface area contributed by atoms with Crippen molar-refractivity contribution in [2.45, 2.75) is 12.8 Å². The minimum atomic E-state index is -0.536. The Kier molecular flexibility index (Phi) is 5.23. The van der Waals surface area contributed by atoms with Gasteiger partial charge in [0.25, 0.3) is 5.91 Å². The highest BCUT2D eigenvalue weighted by atomic mass is 16.5. The van der Waals surface area contributed by atoms with Crippen LogP contribution in [0.15, 0.2) is 24.3 Å². The van der Waals surface area contributed by atoms with Gasteiger partial charge in [0, 0.05) is 29.3 Å². The van der Waals surface area contributed by atoms with E-state index in [9.17, 15) is 14.7 Å². The van der Waals surface area contributed by atoms with Gasteiger partial charge in [-0.2, -0.15) is 0 Å². The summed E-state index contributed by atoms with van der Waals surface area (Å²) in [6.07, 6.45) is 0. The Balaban J connectivity index is 1.62. The zero-order valence-corrected chi connectivity index (χ0v) is 19.9. The molecule has 1 amide bonds. The Morgan fingerprint density at radius 3 is 2.31 bits per heavy atom. The zero-order valence-electron chi connectivity index (χ0n) is 19.9. The van der Waals surface area contributed by atoms with Crippen molar-refractivity contribution < 1.29 is 33.6 Å². The van der Waals surface area contributed by atoms with Gasteiger partial charge in [-0.05, 0) is 23.8 Å². The summed E-state index contributed by atoms with van der Waals surface area (Å²) in [7, 11) is 5.86. The standard InChI is InChI=1S/C25H25N3O7/c1-11-10-28(16-9-17(29)21-13(19(11)16)8-15(27-21)25(31)35-5)24(30)14-6-12-7-18(32-2)22(33-3)23(34-4)20(12)26-14/h6-9,11,26-27,29H,10H2,1-5H3/t11-/m1/s1. The van der Waals surface area contributed by atoms with E-state index < -0.39 is 5.97 Å². The summed E-state index contributed by atoms with van der Waals surface area (Å²) in [6.45, 7) is 2.40. The molecule has 0 saturated heterocycles. The van der Waals surface area contributed by atoms with Crippen LogP contribution in [0.3, 0.4) is 0 Å². The van der Waals surface area contributed by atoms with Crippen LogP contribution in [0.2, 0.25) is 0 Å². The molecule has 10 heteroatoms. The van der Waals surface area contributed by atoms with Gasteiger partial charge in [0.15, 0.2) is 11.5 Å². The van der Waals surface area contributed by atoms with Crippen molar-refractivity contribution >= 4 is 39.4 Å². The van der Waals surface area contributed by atoms with Gasteiger partial charge in [0.05, 0.1) is 45.2 Å². The third kappa shape index (κ3) is 3.24. The molecule has 2 aromatic heterocycles. The lowest BCUT2D eigenvalue weighted by molar-refractivity contribution is 0.0595. The van der Waals surface area contributed by atoms with E-state index in [1.54, 1.807) is 29.2 Å². The zero-order chi connectivity index (χ0) is 25.0. The number of hydrogen-bond donors (Lipinski definition) is 3. The largest absolute Gasteiger partial charge is 0.506 e. The molecule has 1 aliphatic heterocycles. The average molecular weight is 479 g/mol. The van der Waals surface area contributed by atoms with Gasteiger partial charge in [0.2, 0.25) is 5.75 Å². The third-order valence-electron chi connectivity index (χ3n) is 6.45. The Morgan fingerprint density at radius 2 is 1.66 bits per heavy atom. The Hall–Kier alpha value is -4.34. The number of anilines is 1. The molecule has 3 heterocycles. The first-order chi connectivity index (χ1) is 16.8. The summed E-state index contributed by atoms with van der Waals surface area (Å²) >= 11 is 0. The number of esters is 1. The van der Waals surface area contributed by atoms with Gasteiger partial charge >= 0.3 is 5.97 Å². The van der Waals surface area contributed by atoms with Crippen LogP contribution in [-0.2, 0) is 4.74 Å². The number of amides is 1. The van der Waals surface area contributed by atoms with Crippen molar-refractivity contribution in [1.29, 1.82) is 0 Å². The van der Waals surface area contributed by atoms with Crippen molar-refractivity contribution in [3.63, 3.8) is 0 Å². The molecule has 5 rings (SSSR count). The number of nitrogens with one attached hydrogen (secondary N) is 2. The fourth-order valence-corrected chi connectivity index (χ4v) is 4.91. The molecule has 0 unspecified atom stereocenters. The number of aromatic amines is 2. The van der Waals surface area contributed by atoms with E-state index in [1.807, 2.05) is 6.92 Å². The maximum atomic E-state index is 13.7. The monoisotopic (exact) mass is 479 g/mol. The van der Waals surface area contributed by atoms with Crippen molar-refractivity contribution in [3.8, 4) is 23.0 Å². The van der Waals surface area contributed by atoms with Gasteiger partial charge in [0.1, 0.15) is 17.1 Å². The average Bonchev–Trinajstić information content (AvgIpc) is 3.57. The second-order valence-corrected chi connectivity index (χ2v) is 8.40. The van der Waals surface area contributed by atoms with E-state index in [-0.39, 0.29) is 23.3 Å². The molecule has 182 valence electrons. The second kappa shape index (κ2) is 8.15. The number of ether oxygens (including phenoxy) is 4. The number of fused-ring (bicyclic) bond motifs is 4. The topological polar surface area (TPSA) is 126 Å². The van der Waals surface area contributed by atoms with Crippen LogP contribution in [0.25, 0.3) is 21.8 Å². The highest BCUT2D eigenvalue weighted by Gasteiger charge is 2.35. The SMILES string of the molecule is COC(=O)c1cc2c3c(cc(O)c2[nH]1)N(C(=O)c1cc2cc(OC)c(OC)c(OC)c2[nH]1)C[C@H]3C. The number of carbonyl (C=O) groups is 2. The fraction of sp³-hybridized carbons (Fsp3) is 0.280.